The largest absolute Gasteiger partial charge is 0.480 e. The fraction of sp³-hybridized carbons (Fsp3) is 0.333. The van der Waals surface area contributed by atoms with Crippen molar-refractivity contribution in [3.63, 3.8) is 0 Å². The average molecular weight is 331 g/mol. The number of rotatable bonds is 5. The molecule has 0 fully saturated rings. The van der Waals surface area contributed by atoms with Gasteiger partial charge in [-0.3, -0.25) is 0 Å². The molecule has 2 amide bonds. The molecule has 0 aliphatic carbocycles. The number of benzene rings is 1. The Morgan fingerprint density at radius 3 is 2.42 bits per heavy atom. The second-order valence-corrected chi connectivity index (χ2v) is 4.92. The molecule has 0 aliphatic rings. The number of hydrogen-bond acceptors (Lipinski definition) is 3. The number of carboxylic acids is 1. The summed E-state index contributed by atoms with van der Waals surface area (Å²) in [7, 11) is 1.55. The summed E-state index contributed by atoms with van der Waals surface area (Å²) < 4.78 is 0.939. The van der Waals surface area contributed by atoms with Gasteiger partial charge in [0.05, 0.1) is 6.61 Å². The fourth-order valence-electron chi connectivity index (χ4n) is 1.38. The normalized spacial score (nSPS) is 11.7. The number of halogens is 1. The first-order chi connectivity index (χ1) is 8.93. The Morgan fingerprint density at radius 2 is 1.95 bits per heavy atom. The monoisotopic (exact) mass is 330 g/mol. The van der Waals surface area contributed by atoms with Gasteiger partial charge in [0.1, 0.15) is 0 Å². The van der Waals surface area contributed by atoms with E-state index in [1.807, 2.05) is 24.3 Å². The molecule has 1 aromatic carbocycles. The Hall–Kier alpha value is -1.60. The summed E-state index contributed by atoms with van der Waals surface area (Å²) >= 11 is 3.31. The maximum absolute atomic E-state index is 11.7. The van der Waals surface area contributed by atoms with E-state index in [4.69, 9.17) is 10.2 Å². The first-order valence-electron chi connectivity index (χ1n) is 5.53. The summed E-state index contributed by atoms with van der Waals surface area (Å²) in [5.74, 6) is -1.27. The molecule has 0 spiro atoms. The van der Waals surface area contributed by atoms with Gasteiger partial charge in [0.15, 0.2) is 6.04 Å². The summed E-state index contributed by atoms with van der Waals surface area (Å²) in [6.07, 6.45) is 0. The van der Waals surface area contributed by atoms with Crippen LogP contribution < -0.4 is 5.32 Å². The molecule has 19 heavy (non-hydrogen) atoms. The molecule has 0 bridgehead atoms. The van der Waals surface area contributed by atoms with Crippen LogP contribution in [0.1, 0.15) is 5.56 Å². The van der Waals surface area contributed by atoms with E-state index in [0.29, 0.717) is 6.54 Å². The average Bonchev–Trinajstić information content (AvgIpc) is 2.37. The van der Waals surface area contributed by atoms with E-state index in [0.717, 1.165) is 10.0 Å². The molecule has 0 saturated carbocycles. The van der Waals surface area contributed by atoms with Crippen molar-refractivity contribution in [2.75, 3.05) is 13.7 Å². The van der Waals surface area contributed by atoms with Crippen molar-refractivity contribution >= 4 is 27.9 Å². The van der Waals surface area contributed by atoms with Crippen LogP contribution in [0.25, 0.3) is 0 Å². The van der Waals surface area contributed by atoms with Gasteiger partial charge in [0.2, 0.25) is 0 Å². The fourth-order valence-corrected chi connectivity index (χ4v) is 1.64. The molecule has 104 valence electrons. The third-order valence-corrected chi connectivity index (χ3v) is 2.99. The molecule has 0 aromatic heterocycles. The molecule has 0 saturated heterocycles. The predicted octanol–water partition coefficient (Wildman–Crippen LogP) is 1.04. The number of aliphatic hydroxyl groups is 1. The zero-order valence-electron chi connectivity index (χ0n) is 10.3. The highest BCUT2D eigenvalue weighted by atomic mass is 79.9. The van der Waals surface area contributed by atoms with Crippen molar-refractivity contribution in [2.45, 2.75) is 12.6 Å². The molecule has 7 heteroatoms. The van der Waals surface area contributed by atoms with E-state index in [9.17, 15) is 9.59 Å². The van der Waals surface area contributed by atoms with Crippen molar-refractivity contribution in [1.82, 2.24) is 10.2 Å². The number of carbonyl (C=O) groups excluding carboxylic acids is 1. The number of carboxylic acid groups (broad SMARTS) is 1. The second kappa shape index (κ2) is 7.10. The number of carbonyl (C=O) groups is 2. The first-order valence-corrected chi connectivity index (χ1v) is 6.33. The highest BCUT2D eigenvalue weighted by Crippen LogP contribution is 2.11. The number of hydrogen-bond donors (Lipinski definition) is 3. The molecular weight excluding hydrogens is 316 g/mol. The highest BCUT2D eigenvalue weighted by Gasteiger charge is 2.20. The summed E-state index contributed by atoms with van der Waals surface area (Å²) in [6.45, 7) is -0.302. The van der Waals surface area contributed by atoms with Crippen molar-refractivity contribution in [3.8, 4) is 0 Å². The molecular formula is C12H15BrN2O4. The maximum Gasteiger partial charge on any atom is 0.328 e. The van der Waals surface area contributed by atoms with Gasteiger partial charge in [-0.15, -0.1) is 0 Å². The van der Waals surface area contributed by atoms with Crippen LogP contribution >= 0.6 is 15.9 Å². The van der Waals surface area contributed by atoms with Crippen LogP contribution in [0.3, 0.4) is 0 Å². The first kappa shape index (κ1) is 15.5. The van der Waals surface area contributed by atoms with Crippen molar-refractivity contribution in [3.05, 3.63) is 34.3 Å². The molecule has 1 rings (SSSR count). The van der Waals surface area contributed by atoms with Crippen LogP contribution in [0.4, 0.5) is 4.79 Å². The number of aliphatic carboxylic acids is 1. The molecule has 0 aliphatic heterocycles. The van der Waals surface area contributed by atoms with Crippen LogP contribution in [0, 0.1) is 0 Å². The zero-order valence-corrected chi connectivity index (χ0v) is 11.9. The lowest BCUT2D eigenvalue weighted by molar-refractivity contribution is -0.140. The summed E-state index contributed by atoms with van der Waals surface area (Å²) in [4.78, 5) is 23.7. The van der Waals surface area contributed by atoms with Crippen molar-refractivity contribution in [1.29, 1.82) is 0 Å². The van der Waals surface area contributed by atoms with Gasteiger partial charge in [-0.1, -0.05) is 28.1 Å². The molecule has 1 atom stereocenters. The molecule has 1 aromatic rings. The van der Waals surface area contributed by atoms with Gasteiger partial charge in [0.25, 0.3) is 0 Å². The van der Waals surface area contributed by atoms with Crippen LogP contribution in [-0.2, 0) is 11.3 Å². The van der Waals surface area contributed by atoms with Crippen LogP contribution in [0.2, 0.25) is 0 Å². The van der Waals surface area contributed by atoms with Gasteiger partial charge in [-0.05, 0) is 17.7 Å². The lowest BCUT2D eigenvalue weighted by atomic mass is 10.2. The van der Waals surface area contributed by atoms with E-state index in [2.05, 4.69) is 21.2 Å². The number of urea groups is 1. The number of aliphatic hydroxyl groups excluding tert-OH is 1. The zero-order chi connectivity index (χ0) is 14.4. The van der Waals surface area contributed by atoms with Crippen molar-refractivity contribution < 1.29 is 19.8 Å². The Morgan fingerprint density at radius 1 is 1.37 bits per heavy atom. The van der Waals surface area contributed by atoms with E-state index in [1.165, 1.54) is 4.90 Å². The topological polar surface area (TPSA) is 89.9 Å². The van der Waals surface area contributed by atoms with E-state index < -0.39 is 24.6 Å². The smallest absolute Gasteiger partial charge is 0.328 e. The van der Waals surface area contributed by atoms with Crippen LogP contribution in [0.5, 0.6) is 0 Å². The van der Waals surface area contributed by atoms with E-state index in [1.54, 1.807) is 7.05 Å². The standard InChI is InChI=1S/C12H15BrN2O4/c1-15(6-8-2-4-9(13)5-3-8)12(19)14-10(7-16)11(17)18/h2-5,10,16H,6-7H2,1H3,(H,14,19)(H,17,18)/t10-/m1/s1. The summed E-state index contributed by atoms with van der Waals surface area (Å²) in [6, 6.07) is 5.58. The quantitative estimate of drug-likeness (QED) is 0.752. The van der Waals surface area contributed by atoms with E-state index in [-0.39, 0.29) is 0 Å². The lowest BCUT2D eigenvalue weighted by Gasteiger charge is -2.20. The Bertz CT molecular complexity index is 450. The molecule has 0 heterocycles. The summed E-state index contributed by atoms with van der Waals surface area (Å²) in [5.41, 5.74) is 0.914. The maximum atomic E-state index is 11.7. The van der Waals surface area contributed by atoms with Gasteiger partial charge in [-0.25, -0.2) is 9.59 Å². The molecule has 6 nitrogen and oxygen atoms in total. The number of amides is 2. The van der Waals surface area contributed by atoms with Gasteiger partial charge in [0, 0.05) is 18.1 Å². The molecule has 0 radical (unpaired) electrons. The highest BCUT2D eigenvalue weighted by molar-refractivity contribution is 9.10. The Balaban J connectivity index is 2.57. The number of nitrogens with zero attached hydrogens (tertiary/aromatic N) is 1. The third-order valence-electron chi connectivity index (χ3n) is 2.46. The van der Waals surface area contributed by atoms with Crippen LogP contribution in [0.15, 0.2) is 28.7 Å². The summed E-state index contributed by atoms with van der Waals surface area (Å²) in [5, 5.41) is 19.8. The van der Waals surface area contributed by atoms with Gasteiger partial charge < -0.3 is 20.4 Å². The predicted molar refractivity (Wildman–Crippen MR) is 72.7 cm³/mol. The SMILES string of the molecule is CN(Cc1ccc(Br)cc1)C(=O)N[C@H](CO)C(=O)O. The Labute approximate surface area is 119 Å². The van der Waals surface area contributed by atoms with E-state index >= 15 is 0 Å². The molecule has 3 N–H and O–H groups in total. The lowest BCUT2D eigenvalue weighted by Crippen LogP contribution is -2.48. The number of nitrogens with one attached hydrogen (secondary N) is 1. The second-order valence-electron chi connectivity index (χ2n) is 4.01. The minimum absolute atomic E-state index is 0.344. The van der Waals surface area contributed by atoms with Gasteiger partial charge in [-0.2, -0.15) is 0 Å². The Kier molecular flexibility index (Phi) is 5.78. The van der Waals surface area contributed by atoms with Gasteiger partial charge >= 0.3 is 12.0 Å². The molecule has 0 unspecified atom stereocenters. The minimum atomic E-state index is -1.29. The minimum Gasteiger partial charge on any atom is -0.480 e. The van der Waals surface area contributed by atoms with Crippen molar-refractivity contribution in [2.24, 2.45) is 0 Å². The third kappa shape index (κ3) is 4.88. The van der Waals surface area contributed by atoms with Crippen LogP contribution in [-0.4, -0.2) is 46.8 Å².